The molecule has 0 aliphatic heterocycles. The van der Waals surface area contributed by atoms with E-state index in [1.165, 1.54) is 13.1 Å². The van der Waals surface area contributed by atoms with Crippen LogP contribution in [0.2, 0.25) is 5.02 Å². The Kier molecular flexibility index (Phi) is 4.67. The molecule has 0 aliphatic rings. The van der Waals surface area contributed by atoms with E-state index in [0.717, 1.165) is 5.39 Å². The van der Waals surface area contributed by atoms with Crippen LogP contribution in [0.15, 0.2) is 41.5 Å². The third-order valence-corrected chi connectivity index (χ3v) is 3.81. The minimum absolute atomic E-state index is 0.166. The summed E-state index contributed by atoms with van der Waals surface area (Å²) in [6.07, 6.45) is 3.06. The number of nitrogens with one attached hydrogen (secondary N) is 3. The molecule has 1 atom stereocenters. The highest BCUT2D eigenvalue weighted by Gasteiger charge is 2.13. The quantitative estimate of drug-likeness (QED) is 0.666. The van der Waals surface area contributed by atoms with Gasteiger partial charge in [0, 0.05) is 42.0 Å². The summed E-state index contributed by atoms with van der Waals surface area (Å²) >= 11 is 5.96. The zero-order valence-electron chi connectivity index (χ0n) is 13.6. The van der Waals surface area contributed by atoms with Crippen LogP contribution in [0.25, 0.3) is 11.0 Å². The number of hydrogen-bond donors (Lipinski definition) is 3. The molecule has 3 heterocycles. The predicted octanol–water partition coefficient (Wildman–Crippen LogP) is 3.10. The molecule has 0 bridgehead atoms. The molecule has 25 heavy (non-hydrogen) atoms. The number of pyridine rings is 3. The van der Waals surface area contributed by atoms with Crippen LogP contribution in [0.3, 0.4) is 0 Å². The highest BCUT2D eigenvalue weighted by Crippen LogP contribution is 2.21. The van der Waals surface area contributed by atoms with E-state index < -0.39 is 0 Å². The third-order valence-electron chi connectivity index (χ3n) is 3.60. The summed E-state index contributed by atoms with van der Waals surface area (Å²) < 4.78 is 0. The number of hydrogen-bond acceptors (Lipinski definition) is 5. The summed E-state index contributed by atoms with van der Waals surface area (Å²) in [6, 6.07) is 6.57. The normalized spacial score (nSPS) is 12.0. The first kappa shape index (κ1) is 16.9. The van der Waals surface area contributed by atoms with E-state index in [-0.39, 0.29) is 17.5 Å². The van der Waals surface area contributed by atoms with Crippen molar-refractivity contribution in [1.82, 2.24) is 15.0 Å². The monoisotopic (exact) mass is 357 g/mol. The van der Waals surface area contributed by atoms with Gasteiger partial charge in [-0.25, -0.2) is 9.97 Å². The maximum absolute atomic E-state index is 12.3. The zero-order chi connectivity index (χ0) is 18.0. The Morgan fingerprint density at radius 3 is 2.84 bits per heavy atom. The first-order chi connectivity index (χ1) is 11.9. The summed E-state index contributed by atoms with van der Waals surface area (Å²) in [5, 5.41) is 7.09. The Morgan fingerprint density at radius 2 is 2.08 bits per heavy atom. The van der Waals surface area contributed by atoms with Gasteiger partial charge in [0.25, 0.3) is 5.56 Å². The summed E-state index contributed by atoms with van der Waals surface area (Å²) in [5.41, 5.74) is 1.40. The summed E-state index contributed by atoms with van der Waals surface area (Å²) in [6.45, 7) is 3.28. The average Bonchev–Trinajstić information content (AvgIpc) is 2.54. The van der Waals surface area contributed by atoms with Crippen LogP contribution >= 0.6 is 11.6 Å². The number of rotatable bonds is 4. The number of aromatic nitrogens is 3. The van der Waals surface area contributed by atoms with E-state index >= 15 is 0 Å². The summed E-state index contributed by atoms with van der Waals surface area (Å²) in [5.74, 6) is 0.378. The van der Waals surface area contributed by atoms with Crippen molar-refractivity contribution in [2.75, 3.05) is 10.6 Å². The van der Waals surface area contributed by atoms with Crippen molar-refractivity contribution in [2.45, 2.75) is 19.9 Å². The summed E-state index contributed by atoms with van der Waals surface area (Å²) in [7, 11) is 0. The molecule has 1 amide bonds. The molecule has 0 saturated carbocycles. The van der Waals surface area contributed by atoms with Crippen LogP contribution in [-0.4, -0.2) is 20.9 Å². The van der Waals surface area contributed by atoms with Crippen LogP contribution in [0.5, 0.6) is 0 Å². The first-order valence-corrected chi connectivity index (χ1v) is 7.99. The molecule has 0 unspecified atom stereocenters. The molecule has 3 aromatic heterocycles. The van der Waals surface area contributed by atoms with Crippen molar-refractivity contribution in [3.63, 3.8) is 0 Å². The van der Waals surface area contributed by atoms with Crippen molar-refractivity contribution in [2.24, 2.45) is 0 Å². The molecule has 0 spiro atoms. The van der Waals surface area contributed by atoms with Gasteiger partial charge in [0.2, 0.25) is 5.91 Å². The van der Waals surface area contributed by atoms with E-state index in [4.69, 9.17) is 11.6 Å². The van der Waals surface area contributed by atoms with Gasteiger partial charge in [-0.3, -0.25) is 9.59 Å². The summed E-state index contributed by atoms with van der Waals surface area (Å²) in [4.78, 5) is 34.5. The number of carbonyl (C=O) groups is 1. The van der Waals surface area contributed by atoms with Gasteiger partial charge >= 0.3 is 0 Å². The van der Waals surface area contributed by atoms with Gasteiger partial charge in [-0.15, -0.1) is 0 Å². The Morgan fingerprint density at radius 1 is 1.28 bits per heavy atom. The second kappa shape index (κ2) is 6.90. The number of carbonyl (C=O) groups excluding carboxylic acids is 1. The Hall–Kier alpha value is -2.93. The molecule has 0 aromatic carbocycles. The highest BCUT2D eigenvalue weighted by molar-refractivity contribution is 6.31. The minimum Gasteiger partial charge on any atom is -0.363 e. The lowest BCUT2D eigenvalue weighted by atomic mass is 10.1. The van der Waals surface area contributed by atoms with Gasteiger partial charge in [-0.1, -0.05) is 11.6 Å². The number of H-pyrrole nitrogens is 1. The molecule has 0 aliphatic carbocycles. The molecule has 0 radical (unpaired) electrons. The maximum Gasteiger partial charge on any atom is 0.254 e. The van der Waals surface area contributed by atoms with E-state index in [1.54, 1.807) is 30.5 Å². The Balaban J connectivity index is 1.89. The molecular weight excluding hydrogens is 342 g/mol. The lowest BCUT2D eigenvalue weighted by Gasteiger charge is -2.15. The number of nitrogens with zero attached hydrogens (tertiary/aromatic N) is 2. The molecule has 8 heteroatoms. The van der Waals surface area contributed by atoms with Crippen molar-refractivity contribution in [1.29, 1.82) is 0 Å². The van der Waals surface area contributed by atoms with Crippen LogP contribution in [0.1, 0.15) is 25.5 Å². The van der Waals surface area contributed by atoms with E-state index in [9.17, 15) is 9.59 Å². The zero-order valence-corrected chi connectivity index (χ0v) is 14.4. The largest absolute Gasteiger partial charge is 0.363 e. The van der Waals surface area contributed by atoms with Gasteiger partial charge in [0.15, 0.2) is 0 Å². The molecule has 3 rings (SSSR count). The minimum atomic E-state index is -0.313. The van der Waals surface area contributed by atoms with Crippen molar-refractivity contribution >= 4 is 40.0 Å². The lowest BCUT2D eigenvalue weighted by molar-refractivity contribution is -0.114. The fraction of sp³-hybridized carbons (Fsp3) is 0.176. The van der Waals surface area contributed by atoms with Gasteiger partial charge in [-0.05, 0) is 25.1 Å². The van der Waals surface area contributed by atoms with E-state index in [1.807, 2.05) is 6.92 Å². The van der Waals surface area contributed by atoms with Gasteiger partial charge < -0.3 is 15.6 Å². The number of halogens is 1. The number of anilines is 2. The van der Waals surface area contributed by atoms with Crippen molar-refractivity contribution in [3.05, 3.63) is 57.6 Å². The second-order valence-corrected chi connectivity index (χ2v) is 6.06. The van der Waals surface area contributed by atoms with Crippen LogP contribution in [0, 0.1) is 0 Å². The van der Waals surface area contributed by atoms with Gasteiger partial charge in [0.05, 0.1) is 11.1 Å². The SMILES string of the molecule is CC(=O)Nc1ccnc(N[C@@H](C)c2cc3cc(Cl)cnc3[nH]c2=O)c1. The smallest absolute Gasteiger partial charge is 0.254 e. The van der Waals surface area contributed by atoms with Crippen molar-refractivity contribution in [3.8, 4) is 0 Å². The van der Waals surface area contributed by atoms with Crippen LogP contribution < -0.4 is 16.2 Å². The molecule has 3 aromatic rings. The van der Waals surface area contributed by atoms with Crippen LogP contribution in [0.4, 0.5) is 11.5 Å². The highest BCUT2D eigenvalue weighted by atomic mass is 35.5. The van der Waals surface area contributed by atoms with Crippen LogP contribution in [-0.2, 0) is 4.79 Å². The number of amides is 1. The molecular formula is C17H16ClN5O2. The second-order valence-electron chi connectivity index (χ2n) is 5.62. The Labute approximate surface area is 148 Å². The molecule has 0 saturated heterocycles. The molecule has 128 valence electrons. The standard InChI is InChI=1S/C17H16ClN5O2/c1-9(21-15-7-13(3-4-19-15)22-10(2)24)14-6-11-5-12(18)8-20-16(11)23-17(14)25/h3-9H,1-2H3,(H,20,23,25)(H2,19,21,22,24)/t9-/m0/s1. The topological polar surface area (TPSA) is 99.8 Å². The van der Waals surface area contributed by atoms with Gasteiger partial charge in [0.1, 0.15) is 11.5 Å². The average molecular weight is 358 g/mol. The predicted molar refractivity (Wildman–Crippen MR) is 98.0 cm³/mol. The molecule has 3 N–H and O–H groups in total. The first-order valence-electron chi connectivity index (χ1n) is 7.61. The molecule has 7 nitrogen and oxygen atoms in total. The lowest BCUT2D eigenvalue weighted by Crippen LogP contribution is -2.20. The number of aromatic amines is 1. The molecule has 0 fully saturated rings. The third kappa shape index (κ3) is 3.95. The van der Waals surface area contributed by atoms with E-state index in [2.05, 4.69) is 25.6 Å². The number of fused-ring (bicyclic) bond motifs is 1. The fourth-order valence-electron chi connectivity index (χ4n) is 2.49. The van der Waals surface area contributed by atoms with E-state index in [0.29, 0.717) is 27.7 Å². The van der Waals surface area contributed by atoms with Crippen molar-refractivity contribution < 1.29 is 4.79 Å². The van der Waals surface area contributed by atoms with Gasteiger partial charge in [-0.2, -0.15) is 0 Å². The maximum atomic E-state index is 12.3. The Bertz CT molecular complexity index is 1000. The fourth-order valence-corrected chi connectivity index (χ4v) is 2.66.